The SMILES string of the molecule is CCOC(=O)c1cc2c(COC(C)=O)cn(C(C)=O)c2cn1. The average Bonchev–Trinajstić information content (AvgIpc) is 2.83. The van der Waals surface area contributed by atoms with Crippen molar-refractivity contribution in [2.24, 2.45) is 0 Å². The molecule has 0 atom stereocenters. The Kier molecular flexibility index (Phi) is 4.55. The maximum absolute atomic E-state index is 11.8. The number of esters is 2. The first kappa shape index (κ1) is 15.7. The largest absolute Gasteiger partial charge is 0.461 e. The summed E-state index contributed by atoms with van der Waals surface area (Å²) in [5.41, 5.74) is 1.30. The molecule has 2 aromatic heterocycles. The standard InChI is InChI=1S/C15H16N2O5/c1-4-21-15(20)13-5-12-11(8-22-10(3)19)7-17(9(2)18)14(12)6-16-13/h5-7H,4,8H2,1-3H3. The number of nitrogens with zero attached hydrogens (tertiary/aromatic N) is 2. The number of carbonyl (C=O) groups excluding carboxylic acids is 3. The summed E-state index contributed by atoms with van der Waals surface area (Å²) in [6.45, 7) is 4.67. The molecule has 0 aliphatic rings. The van der Waals surface area contributed by atoms with Gasteiger partial charge >= 0.3 is 11.9 Å². The third kappa shape index (κ3) is 3.13. The van der Waals surface area contributed by atoms with Gasteiger partial charge in [-0.1, -0.05) is 0 Å². The van der Waals surface area contributed by atoms with Crippen LogP contribution in [0.25, 0.3) is 10.9 Å². The number of fused-ring (bicyclic) bond motifs is 1. The lowest BCUT2D eigenvalue weighted by molar-refractivity contribution is -0.142. The van der Waals surface area contributed by atoms with Gasteiger partial charge in [0.15, 0.2) is 0 Å². The zero-order valence-corrected chi connectivity index (χ0v) is 12.6. The molecule has 0 amide bonds. The maximum Gasteiger partial charge on any atom is 0.356 e. The molecule has 0 aromatic carbocycles. The van der Waals surface area contributed by atoms with E-state index in [2.05, 4.69) is 4.98 Å². The van der Waals surface area contributed by atoms with Crippen molar-refractivity contribution in [2.75, 3.05) is 6.61 Å². The topological polar surface area (TPSA) is 87.5 Å². The molecule has 2 heterocycles. The second-order valence-corrected chi connectivity index (χ2v) is 4.63. The van der Waals surface area contributed by atoms with Gasteiger partial charge in [0.2, 0.25) is 5.91 Å². The van der Waals surface area contributed by atoms with Gasteiger partial charge in [-0.25, -0.2) is 9.78 Å². The Bertz CT molecular complexity index is 748. The molecule has 0 fully saturated rings. The smallest absolute Gasteiger partial charge is 0.356 e. The first-order chi connectivity index (χ1) is 10.4. The van der Waals surface area contributed by atoms with Crippen LogP contribution in [0.15, 0.2) is 18.5 Å². The van der Waals surface area contributed by atoms with Gasteiger partial charge in [-0.15, -0.1) is 0 Å². The molecule has 0 aliphatic carbocycles. The van der Waals surface area contributed by atoms with Crippen LogP contribution in [0.3, 0.4) is 0 Å². The molecular formula is C15H16N2O5. The number of hydrogen-bond donors (Lipinski definition) is 0. The van der Waals surface area contributed by atoms with Gasteiger partial charge < -0.3 is 9.47 Å². The van der Waals surface area contributed by atoms with Crippen LogP contribution in [-0.4, -0.2) is 34.0 Å². The molecule has 22 heavy (non-hydrogen) atoms. The molecule has 0 saturated heterocycles. The third-order valence-corrected chi connectivity index (χ3v) is 3.03. The number of hydrogen-bond acceptors (Lipinski definition) is 6. The van der Waals surface area contributed by atoms with Crippen LogP contribution >= 0.6 is 0 Å². The summed E-state index contributed by atoms with van der Waals surface area (Å²) in [5.74, 6) is -1.17. The van der Waals surface area contributed by atoms with Crippen LogP contribution in [0.5, 0.6) is 0 Å². The minimum absolute atomic E-state index is 0.0123. The second-order valence-electron chi connectivity index (χ2n) is 4.63. The highest BCUT2D eigenvalue weighted by molar-refractivity contribution is 5.97. The molecule has 2 rings (SSSR count). The van der Waals surface area contributed by atoms with E-state index in [1.165, 1.54) is 30.7 Å². The number of aromatic nitrogens is 2. The van der Waals surface area contributed by atoms with E-state index in [0.29, 0.717) is 16.5 Å². The van der Waals surface area contributed by atoms with Crippen molar-refractivity contribution in [1.29, 1.82) is 0 Å². The van der Waals surface area contributed by atoms with Crippen LogP contribution in [-0.2, 0) is 20.9 Å². The van der Waals surface area contributed by atoms with E-state index in [1.807, 2.05) is 0 Å². The molecule has 0 unspecified atom stereocenters. The lowest BCUT2D eigenvalue weighted by Crippen LogP contribution is -2.08. The van der Waals surface area contributed by atoms with Crippen molar-refractivity contribution < 1.29 is 23.9 Å². The molecule has 0 aliphatic heterocycles. The first-order valence-corrected chi connectivity index (χ1v) is 6.75. The second kappa shape index (κ2) is 6.38. The zero-order valence-electron chi connectivity index (χ0n) is 12.6. The molecule has 2 aromatic rings. The quantitative estimate of drug-likeness (QED) is 0.802. The Morgan fingerprint density at radius 3 is 2.55 bits per heavy atom. The summed E-state index contributed by atoms with van der Waals surface area (Å²) in [7, 11) is 0. The van der Waals surface area contributed by atoms with Crippen LogP contribution in [0.4, 0.5) is 0 Å². The van der Waals surface area contributed by atoms with E-state index in [1.54, 1.807) is 13.1 Å². The van der Waals surface area contributed by atoms with Gasteiger partial charge in [0, 0.05) is 31.0 Å². The fourth-order valence-electron chi connectivity index (χ4n) is 2.06. The predicted octanol–water partition coefficient (Wildman–Crippen LogP) is 1.94. The van der Waals surface area contributed by atoms with Crippen molar-refractivity contribution in [3.63, 3.8) is 0 Å². The normalized spacial score (nSPS) is 10.5. The molecule has 7 heteroatoms. The molecule has 0 saturated carbocycles. The monoisotopic (exact) mass is 304 g/mol. The Hall–Kier alpha value is -2.70. The molecule has 0 N–H and O–H groups in total. The maximum atomic E-state index is 11.8. The van der Waals surface area contributed by atoms with Crippen molar-refractivity contribution >= 4 is 28.7 Å². The van der Waals surface area contributed by atoms with E-state index in [0.717, 1.165) is 0 Å². The lowest BCUT2D eigenvalue weighted by Gasteiger charge is -2.03. The minimum Gasteiger partial charge on any atom is -0.461 e. The van der Waals surface area contributed by atoms with Gasteiger partial charge in [0.1, 0.15) is 12.3 Å². The third-order valence-electron chi connectivity index (χ3n) is 3.03. The van der Waals surface area contributed by atoms with Gasteiger partial charge in [-0.05, 0) is 13.0 Å². The fraction of sp³-hybridized carbons (Fsp3) is 0.333. The van der Waals surface area contributed by atoms with E-state index in [9.17, 15) is 14.4 Å². The summed E-state index contributed by atoms with van der Waals surface area (Å²) in [6, 6.07) is 1.53. The van der Waals surface area contributed by atoms with Crippen molar-refractivity contribution in [3.8, 4) is 0 Å². The van der Waals surface area contributed by atoms with Gasteiger partial charge in [-0.2, -0.15) is 0 Å². The van der Waals surface area contributed by atoms with Gasteiger partial charge in [0.05, 0.1) is 18.3 Å². The minimum atomic E-state index is -0.543. The van der Waals surface area contributed by atoms with Crippen LogP contribution in [0.2, 0.25) is 0 Å². The van der Waals surface area contributed by atoms with Crippen LogP contribution in [0.1, 0.15) is 41.6 Å². The molecular weight excluding hydrogens is 288 g/mol. The van der Waals surface area contributed by atoms with E-state index >= 15 is 0 Å². The van der Waals surface area contributed by atoms with Gasteiger partial charge in [0.25, 0.3) is 0 Å². The molecule has 116 valence electrons. The first-order valence-electron chi connectivity index (χ1n) is 6.75. The van der Waals surface area contributed by atoms with E-state index in [-0.39, 0.29) is 24.8 Å². The number of pyridine rings is 1. The number of carbonyl (C=O) groups is 3. The zero-order chi connectivity index (χ0) is 16.3. The highest BCUT2D eigenvalue weighted by Crippen LogP contribution is 2.23. The number of rotatable bonds is 4. The molecule has 0 radical (unpaired) electrons. The van der Waals surface area contributed by atoms with Crippen molar-refractivity contribution in [1.82, 2.24) is 9.55 Å². The Labute approximate surface area is 126 Å². The summed E-state index contributed by atoms with van der Waals surface area (Å²) in [5, 5.41) is 0.620. The highest BCUT2D eigenvalue weighted by atomic mass is 16.5. The Balaban J connectivity index is 2.51. The summed E-state index contributed by atoms with van der Waals surface area (Å²) in [6.07, 6.45) is 3.01. The van der Waals surface area contributed by atoms with Crippen LogP contribution < -0.4 is 0 Å². The Morgan fingerprint density at radius 2 is 1.95 bits per heavy atom. The van der Waals surface area contributed by atoms with E-state index in [4.69, 9.17) is 9.47 Å². The molecule has 0 bridgehead atoms. The predicted molar refractivity (Wildman–Crippen MR) is 77.5 cm³/mol. The fourth-order valence-corrected chi connectivity index (χ4v) is 2.06. The van der Waals surface area contributed by atoms with Crippen molar-refractivity contribution in [3.05, 3.63) is 29.7 Å². The average molecular weight is 304 g/mol. The Morgan fingerprint density at radius 1 is 1.23 bits per heavy atom. The number of ether oxygens (including phenoxy) is 2. The lowest BCUT2D eigenvalue weighted by atomic mass is 10.2. The summed E-state index contributed by atoms with van der Waals surface area (Å²) >= 11 is 0. The van der Waals surface area contributed by atoms with E-state index < -0.39 is 11.9 Å². The summed E-state index contributed by atoms with van der Waals surface area (Å²) in [4.78, 5) is 38.4. The van der Waals surface area contributed by atoms with Crippen LogP contribution in [0, 0.1) is 0 Å². The molecule has 0 spiro atoms. The van der Waals surface area contributed by atoms with Crippen molar-refractivity contribution in [2.45, 2.75) is 27.4 Å². The van der Waals surface area contributed by atoms with Gasteiger partial charge in [-0.3, -0.25) is 14.2 Å². The summed E-state index contributed by atoms with van der Waals surface area (Å²) < 4.78 is 11.3. The molecule has 7 nitrogen and oxygen atoms in total. The highest BCUT2D eigenvalue weighted by Gasteiger charge is 2.16.